The lowest BCUT2D eigenvalue weighted by atomic mass is 9.95. The quantitative estimate of drug-likeness (QED) is 0.130. The Morgan fingerprint density at radius 1 is 1.12 bits per heavy atom. The highest BCUT2D eigenvalue weighted by atomic mass is 32.1. The lowest BCUT2D eigenvalue weighted by molar-refractivity contribution is -0.266. The van der Waals surface area contributed by atoms with Crippen LogP contribution in [0.3, 0.4) is 0 Å². The van der Waals surface area contributed by atoms with Crippen LogP contribution >= 0.6 is 35.7 Å². The number of nitrogens with zero attached hydrogens (tertiary/aromatic N) is 2. The Morgan fingerprint density at radius 3 is 2.16 bits per heavy atom. The molecule has 0 spiro atoms. The Labute approximate surface area is 181 Å². The van der Waals surface area contributed by atoms with Crippen LogP contribution in [0.4, 0.5) is 23.4 Å². The van der Waals surface area contributed by atoms with Crippen molar-refractivity contribution in [3.8, 4) is 0 Å². The van der Waals surface area contributed by atoms with Crippen molar-refractivity contribution in [3.63, 3.8) is 0 Å². The zero-order valence-electron chi connectivity index (χ0n) is 15.3. The molecule has 1 heterocycles. The van der Waals surface area contributed by atoms with Crippen molar-refractivity contribution in [2.24, 2.45) is 0 Å². The van der Waals surface area contributed by atoms with Crippen molar-refractivity contribution in [2.45, 2.75) is 30.9 Å². The van der Waals surface area contributed by atoms with Gasteiger partial charge in [-0.1, -0.05) is 0 Å². The van der Waals surface area contributed by atoms with E-state index >= 15 is 0 Å². The van der Waals surface area contributed by atoms with E-state index in [4.69, 9.17) is 20.4 Å². The Morgan fingerprint density at radius 2 is 1.69 bits per heavy atom. The van der Waals surface area contributed by atoms with Crippen LogP contribution in [-0.4, -0.2) is 58.8 Å². The topological polar surface area (TPSA) is 224 Å². The highest BCUT2D eigenvalue weighted by Gasteiger charge is 2.60. The van der Waals surface area contributed by atoms with Gasteiger partial charge in [-0.05, 0) is 18.3 Å². The Hall–Kier alpha value is -0.810. The van der Waals surface area contributed by atoms with Crippen LogP contribution < -0.4 is 5.73 Å². The van der Waals surface area contributed by atoms with Crippen LogP contribution in [0.2, 0.25) is 0 Å². The average Bonchev–Trinajstić information content (AvgIpc) is 2.52. The predicted molar refractivity (Wildman–Crippen MR) is 97.8 cm³/mol. The van der Waals surface area contributed by atoms with Gasteiger partial charge in [0.05, 0.1) is 13.2 Å². The molecule has 0 aliphatic heterocycles. The zero-order chi connectivity index (χ0) is 25.2. The molecule has 4 atom stereocenters. The number of aliphatic hydroxyl groups is 1. The highest BCUT2D eigenvalue weighted by Crippen LogP contribution is 2.66. The molecule has 0 amide bonds. The second kappa shape index (κ2) is 10.2. The number of halogens is 4. The lowest BCUT2D eigenvalue weighted by Crippen LogP contribution is -2.54. The maximum Gasteiger partial charge on any atom is 0.490 e. The van der Waals surface area contributed by atoms with Gasteiger partial charge < -0.3 is 35.0 Å². The first kappa shape index (κ1) is 29.2. The second-order valence-electron chi connectivity index (χ2n) is 5.85. The van der Waals surface area contributed by atoms with E-state index in [0.29, 0.717) is 4.57 Å². The molecule has 1 rings (SSSR count). The minimum absolute atomic E-state index is 0.167. The number of phosphoric ester groups is 1. The fourth-order valence-corrected chi connectivity index (χ4v) is 5.27. The third-order valence-corrected chi connectivity index (χ3v) is 7.52. The maximum atomic E-state index is 14.8. The number of rotatable bonds is 11. The minimum atomic E-state index is -5.86. The van der Waals surface area contributed by atoms with Gasteiger partial charge in [0.2, 0.25) is 10.4 Å². The van der Waals surface area contributed by atoms with E-state index in [1.54, 1.807) is 0 Å². The molecular weight excluding hydrogens is 539 g/mol. The van der Waals surface area contributed by atoms with Crippen molar-refractivity contribution >= 4 is 41.5 Å². The summed E-state index contributed by atoms with van der Waals surface area (Å²) in [5.74, 6) is -0.167. The van der Waals surface area contributed by atoms with Crippen molar-refractivity contribution in [3.05, 3.63) is 17.0 Å². The van der Waals surface area contributed by atoms with E-state index in [1.807, 2.05) is 0 Å². The fourth-order valence-electron chi connectivity index (χ4n) is 2.01. The monoisotopic (exact) mass is 555 g/mol. The van der Waals surface area contributed by atoms with Crippen molar-refractivity contribution < 1.29 is 69.1 Å². The maximum absolute atomic E-state index is 14.8. The molecule has 0 saturated carbocycles. The standard InChI is InChI=1S/C10H16F4N3O11P3S/c11-9(10(12,13)14,5-17-3-1-7(15)16-8(17)32)6(18)2-4-26-30(22,23)28-31(24,25)27-29(19,20)21/h1,3,6,18H,2,4-5H2,(H,22,23)(H,24,25)(H2,15,16,32)(H2,19,20,21)/t6-,9?/m0/s1. The molecule has 0 radical (unpaired) electrons. The SMILES string of the molecule is Nc1ccn(CC(F)([C@@H](O)CCOP(=O)(O)OP(=O)(O)OP(=O)(O)O)C(F)(F)F)c(=S)n1. The van der Waals surface area contributed by atoms with Crippen molar-refractivity contribution in [2.75, 3.05) is 12.3 Å². The third kappa shape index (κ3) is 8.85. The van der Waals surface area contributed by atoms with Crippen LogP contribution in [0.25, 0.3) is 0 Å². The summed E-state index contributed by atoms with van der Waals surface area (Å²) < 4.78 is 98.8. The van der Waals surface area contributed by atoms with Gasteiger partial charge >= 0.3 is 29.6 Å². The summed E-state index contributed by atoms with van der Waals surface area (Å²) in [4.78, 5) is 38.4. The smallest absolute Gasteiger partial charge is 0.389 e. The summed E-state index contributed by atoms with van der Waals surface area (Å²) in [6.07, 6.45) is -9.03. The van der Waals surface area contributed by atoms with Gasteiger partial charge in [0.25, 0.3) is 0 Å². The van der Waals surface area contributed by atoms with Gasteiger partial charge in [-0.2, -0.15) is 21.8 Å². The summed E-state index contributed by atoms with van der Waals surface area (Å²) in [6.45, 7) is -2.93. The summed E-state index contributed by atoms with van der Waals surface area (Å²) in [7, 11) is -17.2. The molecule has 7 N–H and O–H groups in total. The Kier molecular flexibility index (Phi) is 9.33. The zero-order valence-corrected chi connectivity index (χ0v) is 18.8. The number of hydrogen-bond donors (Lipinski definition) is 6. The number of nitrogen functional groups attached to an aromatic ring is 1. The van der Waals surface area contributed by atoms with E-state index in [2.05, 4.69) is 30.3 Å². The predicted octanol–water partition coefficient (Wildman–Crippen LogP) is 1.56. The first-order chi connectivity index (χ1) is 14.2. The van der Waals surface area contributed by atoms with Gasteiger partial charge in [-0.15, -0.1) is 0 Å². The van der Waals surface area contributed by atoms with E-state index in [9.17, 15) is 41.3 Å². The van der Waals surface area contributed by atoms with E-state index < -0.39 is 65.8 Å². The number of nitrogens with two attached hydrogens (primary N) is 1. The number of aliphatic hydroxyl groups excluding tert-OH is 1. The van der Waals surface area contributed by atoms with Gasteiger partial charge in [-0.3, -0.25) is 4.52 Å². The van der Waals surface area contributed by atoms with Crippen LogP contribution in [0, 0.1) is 4.77 Å². The molecule has 0 bridgehead atoms. The Balaban J connectivity index is 2.91. The van der Waals surface area contributed by atoms with Crippen LogP contribution in [0.15, 0.2) is 12.3 Å². The van der Waals surface area contributed by atoms with Crippen LogP contribution in [0.1, 0.15) is 6.42 Å². The Bertz CT molecular complexity index is 1020. The second-order valence-corrected chi connectivity index (χ2v) is 10.6. The summed E-state index contributed by atoms with van der Waals surface area (Å²) in [5.41, 5.74) is 0.923. The first-order valence-corrected chi connectivity index (χ1v) is 12.7. The molecule has 0 aliphatic rings. The molecule has 32 heavy (non-hydrogen) atoms. The number of phosphoric acid groups is 3. The average molecular weight is 555 g/mol. The normalized spacial score (nSPS) is 19.5. The summed E-state index contributed by atoms with van der Waals surface area (Å²) >= 11 is 4.67. The molecule has 0 saturated heterocycles. The molecule has 14 nitrogen and oxygen atoms in total. The number of alkyl halides is 4. The molecule has 1 aromatic heterocycles. The van der Waals surface area contributed by atoms with Crippen molar-refractivity contribution in [1.82, 2.24) is 9.55 Å². The summed E-state index contributed by atoms with van der Waals surface area (Å²) in [6, 6.07) is 1.01. The van der Waals surface area contributed by atoms with Gasteiger partial charge in [-0.25, -0.2) is 23.1 Å². The number of anilines is 1. The van der Waals surface area contributed by atoms with Crippen LogP contribution in [-0.2, 0) is 33.4 Å². The van der Waals surface area contributed by atoms with Crippen LogP contribution in [0.5, 0.6) is 0 Å². The van der Waals surface area contributed by atoms with Gasteiger partial charge in [0.1, 0.15) is 11.9 Å². The lowest BCUT2D eigenvalue weighted by Gasteiger charge is -2.33. The number of aromatic nitrogens is 2. The fraction of sp³-hybridized carbons (Fsp3) is 0.600. The molecule has 3 unspecified atom stereocenters. The molecular formula is C10H16F4N3O11P3S. The highest BCUT2D eigenvalue weighted by molar-refractivity contribution is 7.71. The molecule has 22 heteroatoms. The first-order valence-electron chi connectivity index (χ1n) is 7.72. The third-order valence-electron chi connectivity index (χ3n) is 3.36. The molecule has 0 aromatic carbocycles. The molecule has 0 fully saturated rings. The van der Waals surface area contributed by atoms with E-state index in [1.165, 1.54) is 0 Å². The largest absolute Gasteiger partial charge is 0.490 e. The van der Waals surface area contributed by atoms with E-state index in [0.717, 1.165) is 12.3 Å². The molecule has 0 aliphatic carbocycles. The molecule has 1 aromatic rings. The minimum Gasteiger partial charge on any atom is -0.389 e. The molecule has 186 valence electrons. The van der Waals surface area contributed by atoms with Gasteiger partial charge in [0.15, 0.2) is 0 Å². The van der Waals surface area contributed by atoms with Crippen molar-refractivity contribution in [1.29, 1.82) is 0 Å². The number of hydrogen-bond acceptors (Lipinski definition) is 10. The summed E-state index contributed by atoms with van der Waals surface area (Å²) in [5, 5.41) is 9.78. The van der Waals surface area contributed by atoms with Gasteiger partial charge in [0, 0.05) is 12.6 Å². The van der Waals surface area contributed by atoms with E-state index in [-0.39, 0.29) is 5.82 Å².